The standard InChI is InChI=1S/C29H26F2NO9S.Rf/c1-28(2,3)32-21-22-19(25(32)33)20(26(34)39-13-29(30,31)42(36,37)38)23(40-22)24(21)41-27(35)18-16-10-6-4-8-14(16)12-15-9-5-7-11-17(15)18;/h4-13,19-24H,1-3H3,(H,36,37,38);/q-1;/p-1. The van der Waals surface area contributed by atoms with Crippen LogP contribution < -0.4 is 0 Å². The molecule has 0 N–H and O–H groups in total. The molecule has 6 atom stereocenters. The monoisotopic (exact) mass is 868 g/mol. The average Bonchev–Trinajstić information content (AvgIpc) is 3.52. The van der Waals surface area contributed by atoms with Crippen LogP contribution in [0, 0.1) is 18.4 Å². The van der Waals surface area contributed by atoms with E-state index in [-0.39, 0.29) is 5.56 Å². The number of amides is 1. The van der Waals surface area contributed by atoms with E-state index in [1.165, 1.54) is 4.90 Å². The molecule has 3 aliphatic rings. The summed E-state index contributed by atoms with van der Waals surface area (Å²) < 4.78 is 76.6. The summed E-state index contributed by atoms with van der Waals surface area (Å²) in [6, 6.07) is 15.6. The molecule has 224 valence electrons. The maximum absolute atomic E-state index is 14.0. The maximum atomic E-state index is 14.0. The Bertz CT molecular complexity index is 1710. The van der Waals surface area contributed by atoms with E-state index >= 15 is 0 Å². The van der Waals surface area contributed by atoms with Gasteiger partial charge in [0.1, 0.15) is 16.2 Å². The Morgan fingerprint density at radius 1 is 1.00 bits per heavy atom. The number of carbonyl (C=O) groups excluding carboxylic acids is 3. The van der Waals surface area contributed by atoms with Gasteiger partial charge >= 0.3 is 5.97 Å². The van der Waals surface area contributed by atoms with Gasteiger partial charge < -0.3 is 23.7 Å². The largest absolute Gasteiger partial charge is 0.746 e. The number of benzene rings is 3. The minimum absolute atomic E-state index is 0. The molecule has 10 nitrogen and oxygen atoms in total. The Kier molecular flexibility index (Phi) is 6.71. The summed E-state index contributed by atoms with van der Waals surface area (Å²) in [6.45, 7) is 4.59. The second-order valence-electron chi connectivity index (χ2n) is 11.6. The molecule has 6 rings (SSSR count). The number of alkyl halides is 2. The second-order valence-corrected chi connectivity index (χ2v) is 13.1. The van der Waals surface area contributed by atoms with Crippen molar-refractivity contribution in [2.75, 3.05) is 0 Å². The number of fused-ring (bicyclic) bond motifs is 3. The molecule has 14 heteroatoms. The van der Waals surface area contributed by atoms with E-state index in [9.17, 15) is 36.1 Å². The summed E-state index contributed by atoms with van der Waals surface area (Å²) in [5.74, 6) is -5.33. The zero-order chi connectivity index (χ0) is 30.4. The van der Waals surface area contributed by atoms with Crippen LogP contribution in [-0.4, -0.2) is 70.9 Å². The number of hydrogen-bond donors (Lipinski definition) is 0. The van der Waals surface area contributed by atoms with E-state index in [1.54, 1.807) is 45.0 Å². The molecule has 0 aliphatic carbocycles. The molecule has 3 heterocycles. The van der Waals surface area contributed by atoms with Crippen molar-refractivity contribution in [1.29, 1.82) is 0 Å². The van der Waals surface area contributed by atoms with Crippen LogP contribution in [0.5, 0.6) is 0 Å². The molecule has 3 saturated heterocycles. The fourth-order valence-corrected chi connectivity index (χ4v) is 6.65. The predicted molar refractivity (Wildman–Crippen MR) is 142 cm³/mol. The molecule has 0 aromatic heterocycles. The van der Waals surface area contributed by atoms with E-state index in [0.29, 0.717) is 10.8 Å². The number of ether oxygens (including phenoxy) is 3. The summed E-state index contributed by atoms with van der Waals surface area (Å²) in [5, 5.41) is -2.20. The molecular weight excluding hydrogens is 843 g/mol. The fourth-order valence-electron chi connectivity index (χ4n) is 6.49. The van der Waals surface area contributed by atoms with Gasteiger partial charge in [-0.3, -0.25) is 9.59 Å². The maximum Gasteiger partial charge on any atom is 0.339 e. The van der Waals surface area contributed by atoms with Crippen molar-refractivity contribution in [1.82, 2.24) is 4.90 Å². The van der Waals surface area contributed by atoms with Crippen molar-refractivity contribution >= 4 is 49.5 Å². The Labute approximate surface area is 239 Å². The second kappa shape index (κ2) is 9.68. The first-order valence-corrected chi connectivity index (χ1v) is 14.5. The normalized spacial score (nSPS) is 26.6. The summed E-state index contributed by atoms with van der Waals surface area (Å²) in [4.78, 5) is 42.1. The summed E-state index contributed by atoms with van der Waals surface area (Å²) in [6.07, 6.45) is -3.38. The number of nitrogens with zero attached hydrogens (tertiary/aromatic N) is 1. The van der Waals surface area contributed by atoms with Crippen molar-refractivity contribution in [3.05, 3.63) is 66.8 Å². The fraction of sp³-hybridized carbons (Fsp3) is 0.379. The first-order chi connectivity index (χ1) is 19.6. The van der Waals surface area contributed by atoms with Gasteiger partial charge in [-0.15, -0.1) is 0 Å². The van der Waals surface area contributed by atoms with E-state index in [0.717, 1.165) is 10.8 Å². The topological polar surface area (TPSA) is 139 Å². The summed E-state index contributed by atoms with van der Waals surface area (Å²) in [5.41, 5.74) is -0.541. The van der Waals surface area contributed by atoms with Gasteiger partial charge in [0, 0.05) is 5.54 Å². The number of carbonyl (C=O) groups is 3. The number of rotatable bonds is 6. The van der Waals surface area contributed by atoms with Gasteiger partial charge in [-0.25, -0.2) is 22.0 Å². The first kappa shape index (κ1) is 29.8. The predicted octanol–water partition coefficient (Wildman–Crippen LogP) is 3.38. The number of hydrogen-bond acceptors (Lipinski definition) is 9. The van der Waals surface area contributed by atoms with E-state index < -0.39 is 81.6 Å². The minimum Gasteiger partial charge on any atom is -0.746 e. The van der Waals surface area contributed by atoms with E-state index in [1.807, 2.05) is 30.3 Å². The van der Waals surface area contributed by atoms with Crippen molar-refractivity contribution < 1.29 is 50.3 Å². The third-order valence-corrected chi connectivity index (χ3v) is 8.85. The molecule has 0 radical (unpaired) electrons. The summed E-state index contributed by atoms with van der Waals surface area (Å²) >= 11 is 0. The SMILES string of the molecule is CC(C)(C)N1C(=O)C2C3OC(C(OC(=O)c4c5ccccc5cc5ccccc45)C31)C2C(=O)O[CH-]C(F)(F)S(=O)(=O)[O-].[Rf]. The Hall–Kier alpha value is -4.68. The minimum atomic E-state index is -6.17. The van der Waals surface area contributed by atoms with Crippen molar-refractivity contribution in [2.24, 2.45) is 11.8 Å². The van der Waals surface area contributed by atoms with E-state index in [4.69, 9.17) is 9.47 Å². The molecule has 0 saturated carbocycles. The molecule has 3 fully saturated rings. The molecule has 6 unspecified atom stereocenters. The van der Waals surface area contributed by atoms with E-state index in [2.05, 4.69) is 4.74 Å². The first-order valence-electron chi connectivity index (χ1n) is 13.1. The van der Waals surface area contributed by atoms with Crippen LogP contribution in [0.2, 0.25) is 0 Å². The van der Waals surface area contributed by atoms with Gasteiger partial charge in [0.15, 0.2) is 6.10 Å². The Balaban J connectivity index is 0.00000368. The van der Waals surface area contributed by atoms with Gasteiger partial charge in [-0.05, 0) is 48.4 Å². The zero-order valence-electron chi connectivity index (χ0n) is 23.2. The summed E-state index contributed by atoms with van der Waals surface area (Å²) in [7, 11) is -6.17. The molecule has 3 aliphatic heterocycles. The molecule has 2 bridgehead atoms. The number of likely N-dealkylation sites (tertiary alicyclic amines) is 1. The van der Waals surface area contributed by atoms with Gasteiger partial charge in [-0.1, -0.05) is 55.1 Å². The van der Waals surface area contributed by atoms with Gasteiger partial charge in [0.2, 0.25) is 5.91 Å². The number of halogens is 2. The molecule has 0 spiro atoms. The number of esters is 2. The van der Waals surface area contributed by atoms with Crippen LogP contribution >= 0.6 is 0 Å². The molecular formula is C29H25F2NO9RfS-2. The average molecular weight is 869 g/mol. The van der Waals surface area contributed by atoms with Gasteiger partial charge in [0.25, 0.3) is 11.2 Å². The molecule has 3 aromatic carbocycles. The van der Waals surface area contributed by atoms with Crippen LogP contribution in [0.4, 0.5) is 8.78 Å². The molecule has 1 amide bonds. The van der Waals surface area contributed by atoms with Crippen LogP contribution in [0.25, 0.3) is 21.5 Å². The molecule has 43 heavy (non-hydrogen) atoms. The van der Waals surface area contributed by atoms with Gasteiger partial charge in [0.05, 0.1) is 29.5 Å². The third-order valence-electron chi connectivity index (χ3n) is 8.09. The van der Waals surface area contributed by atoms with Crippen molar-refractivity contribution in [2.45, 2.75) is 55.9 Å². The van der Waals surface area contributed by atoms with Crippen molar-refractivity contribution in [3.8, 4) is 0 Å². The Morgan fingerprint density at radius 3 is 2.09 bits per heavy atom. The van der Waals surface area contributed by atoms with Crippen LogP contribution in [0.15, 0.2) is 54.6 Å². The smallest absolute Gasteiger partial charge is 0.339 e. The third kappa shape index (κ3) is 4.45. The quantitative estimate of drug-likeness (QED) is 0.158. The zero-order valence-corrected chi connectivity index (χ0v) is 30.4. The Morgan fingerprint density at radius 2 is 1.56 bits per heavy atom. The van der Waals surface area contributed by atoms with Crippen molar-refractivity contribution in [3.63, 3.8) is 0 Å². The van der Waals surface area contributed by atoms with Crippen LogP contribution in [0.3, 0.4) is 0 Å². The van der Waals surface area contributed by atoms with Crippen LogP contribution in [-0.2, 0) is 33.9 Å². The molecule has 3 aromatic rings. The van der Waals surface area contributed by atoms with Gasteiger partial charge in [-0.2, -0.15) is 0 Å². The van der Waals surface area contributed by atoms with Crippen LogP contribution in [0.1, 0.15) is 31.1 Å².